The molecule has 2 rings (SSSR count). The van der Waals surface area contributed by atoms with E-state index in [1.165, 1.54) is 12.3 Å². The molecule has 1 aromatic heterocycles. The van der Waals surface area contributed by atoms with Crippen LogP contribution in [0.25, 0.3) is 0 Å². The number of nitrogens with one attached hydrogen (secondary N) is 3. The van der Waals surface area contributed by atoms with Crippen molar-refractivity contribution in [2.24, 2.45) is 5.92 Å². The average molecular weight is 263 g/mol. The number of aromatic nitrogens is 1. The van der Waals surface area contributed by atoms with Gasteiger partial charge in [-0.25, -0.2) is 0 Å². The molecule has 1 amide bonds. The fourth-order valence-corrected chi connectivity index (χ4v) is 2.46. The first-order chi connectivity index (χ1) is 9.08. The minimum atomic E-state index is -0.292. The van der Waals surface area contributed by atoms with Crippen LogP contribution in [0.2, 0.25) is 0 Å². The van der Waals surface area contributed by atoms with Crippen molar-refractivity contribution in [3.8, 4) is 0 Å². The molecule has 5 heteroatoms. The van der Waals surface area contributed by atoms with Crippen LogP contribution in [0.1, 0.15) is 35.8 Å². The molecule has 1 saturated heterocycles. The summed E-state index contributed by atoms with van der Waals surface area (Å²) >= 11 is 0. The molecule has 19 heavy (non-hydrogen) atoms. The highest BCUT2D eigenvalue weighted by molar-refractivity contribution is 5.93. The Kier molecular flexibility index (Phi) is 4.37. The lowest BCUT2D eigenvalue weighted by Gasteiger charge is -2.28. The summed E-state index contributed by atoms with van der Waals surface area (Å²) in [4.78, 5) is 26.7. The number of H-pyrrole nitrogens is 1. The molecular weight excluding hydrogens is 242 g/mol. The summed E-state index contributed by atoms with van der Waals surface area (Å²) < 4.78 is 0. The summed E-state index contributed by atoms with van der Waals surface area (Å²) in [5.41, 5.74) is 0.704. The van der Waals surface area contributed by atoms with Crippen molar-refractivity contribution in [1.29, 1.82) is 0 Å². The Morgan fingerprint density at radius 1 is 1.53 bits per heavy atom. The number of aromatic amines is 1. The van der Waals surface area contributed by atoms with Crippen molar-refractivity contribution in [3.05, 3.63) is 33.7 Å². The molecule has 1 aromatic rings. The van der Waals surface area contributed by atoms with Gasteiger partial charge in [-0.1, -0.05) is 0 Å². The van der Waals surface area contributed by atoms with E-state index in [4.69, 9.17) is 0 Å². The maximum atomic E-state index is 12.1. The molecular formula is C14H21N3O2. The molecule has 104 valence electrons. The Hall–Kier alpha value is -1.62. The van der Waals surface area contributed by atoms with Gasteiger partial charge in [0.15, 0.2) is 5.43 Å². The molecule has 2 unspecified atom stereocenters. The first kappa shape index (κ1) is 13.8. The van der Waals surface area contributed by atoms with Gasteiger partial charge in [0.1, 0.15) is 5.56 Å². The average Bonchev–Trinajstić information content (AvgIpc) is 2.39. The van der Waals surface area contributed by atoms with E-state index in [0.29, 0.717) is 5.92 Å². The molecule has 0 spiro atoms. The Balaban J connectivity index is 2.01. The van der Waals surface area contributed by atoms with E-state index in [2.05, 4.69) is 15.6 Å². The zero-order valence-electron chi connectivity index (χ0n) is 11.5. The Morgan fingerprint density at radius 3 is 2.95 bits per heavy atom. The minimum Gasteiger partial charge on any atom is -0.364 e. The quantitative estimate of drug-likeness (QED) is 0.755. The van der Waals surface area contributed by atoms with Gasteiger partial charge in [0, 0.05) is 24.0 Å². The number of hydrogen-bond acceptors (Lipinski definition) is 3. The zero-order valence-corrected chi connectivity index (χ0v) is 11.5. The number of carbonyl (C=O) groups is 1. The third-order valence-electron chi connectivity index (χ3n) is 3.70. The summed E-state index contributed by atoms with van der Waals surface area (Å²) in [7, 11) is 0. The summed E-state index contributed by atoms with van der Waals surface area (Å²) in [5.74, 6) is 0.140. The van der Waals surface area contributed by atoms with Gasteiger partial charge in [0.25, 0.3) is 5.91 Å². The van der Waals surface area contributed by atoms with Gasteiger partial charge in [-0.3, -0.25) is 9.59 Å². The van der Waals surface area contributed by atoms with Crippen LogP contribution in [0, 0.1) is 12.8 Å². The first-order valence-electron chi connectivity index (χ1n) is 6.79. The topological polar surface area (TPSA) is 74.0 Å². The number of amides is 1. The number of carbonyl (C=O) groups excluding carboxylic acids is 1. The summed E-state index contributed by atoms with van der Waals surface area (Å²) in [6.07, 6.45) is 3.73. The third-order valence-corrected chi connectivity index (χ3v) is 3.70. The Bertz CT molecular complexity index is 504. The van der Waals surface area contributed by atoms with Gasteiger partial charge in [-0.15, -0.1) is 0 Å². The lowest BCUT2D eigenvalue weighted by Crippen LogP contribution is -2.45. The van der Waals surface area contributed by atoms with Crippen LogP contribution >= 0.6 is 0 Å². The van der Waals surface area contributed by atoms with E-state index in [-0.39, 0.29) is 22.9 Å². The zero-order chi connectivity index (χ0) is 13.8. The van der Waals surface area contributed by atoms with Crippen LogP contribution in [0.4, 0.5) is 0 Å². The van der Waals surface area contributed by atoms with E-state index in [1.807, 2.05) is 6.92 Å². The van der Waals surface area contributed by atoms with Gasteiger partial charge in [0.2, 0.25) is 0 Å². The first-order valence-corrected chi connectivity index (χ1v) is 6.79. The van der Waals surface area contributed by atoms with Crippen molar-refractivity contribution < 1.29 is 4.79 Å². The molecule has 0 radical (unpaired) electrons. The monoisotopic (exact) mass is 263 g/mol. The molecule has 2 atom stereocenters. The standard InChI is InChI=1S/C14H21N3O2/c1-9-6-13(18)12(8-16-9)14(19)17-10(2)11-4-3-5-15-7-11/h6,8,10-11,15H,3-5,7H2,1-2H3,(H,16,18)(H,17,19). The summed E-state index contributed by atoms with van der Waals surface area (Å²) in [6, 6.07) is 1.52. The van der Waals surface area contributed by atoms with E-state index in [1.54, 1.807) is 6.92 Å². The molecule has 2 heterocycles. The second-order valence-corrected chi connectivity index (χ2v) is 5.26. The van der Waals surface area contributed by atoms with Crippen LogP contribution in [0.3, 0.4) is 0 Å². The molecule has 0 aromatic carbocycles. The molecule has 0 bridgehead atoms. The molecule has 0 saturated carbocycles. The molecule has 3 N–H and O–H groups in total. The number of aryl methyl sites for hydroxylation is 1. The molecule has 1 fully saturated rings. The van der Waals surface area contributed by atoms with Crippen LogP contribution in [-0.4, -0.2) is 30.0 Å². The van der Waals surface area contributed by atoms with Crippen molar-refractivity contribution in [2.75, 3.05) is 13.1 Å². The van der Waals surface area contributed by atoms with Gasteiger partial charge in [-0.2, -0.15) is 0 Å². The van der Waals surface area contributed by atoms with E-state index in [9.17, 15) is 9.59 Å². The minimum absolute atomic E-state index is 0.0704. The number of pyridine rings is 1. The maximum Gasteiger partial charge on any atom is 0.256 e. The molecule has 1 aliphatic rings. The van der Waals surface area contributed by atoms with Crippen LogP contribution < -0.4 is 16.1 Å². The lowest BCUT2D eigenvalue weighted by atomic mass is 9.92. The van der Waals surface area contributed by atoms with E-state index >= 15 is 0 Å². The van der Waals surface area contributed by atoms with Crippen molar-refractivity contribution >= 4 is 5.91 Å². The van der Waals surface area contributed by atoms with E-state index in [0.717, 1.165) is 31.6 Å². The smallest absolute Gasteiger partial charge is 0.256 e. The largest absolute Gasteiger partial charge is 0.364 e. The number of hydrogen-bond donors (Lipinski definition) is 3. The third kappa shape index (κ3) is 3.44. The van der Waals surface area contributed by atoms with Crippen LogP contribution in [0.15, 0.2) is 17.1 Å². The van der Waals surface area contributed by atoms with Gasteiger partial charge in [-0.05, 0) is 45.7 Å². The van der Waals surface area contributed by atoms with Crippen molar-refractivity contribution in [1.82, 2.24) is 15.6 Å². The Labute approximate surface area is 112 Å². The van der Waals surface area contributed by atoms with Crippen LogP contribution in [0.5, 0.6) is 0 Å². The summed E-state index contributed by atoms with van der Waals surface area (Å²) in [5, 5.41) is 6.26. The normalized spacial score (nSPS) is 20.8. The highest BCUT2D eigenvalue weighted by Gasteiger charge is 2.22. The number of piperidine rings is 1. The predicted molar refractivity (Wildman–Crippen MR) is 74.3 cm³/mol. The second-order valence-electron chi connectivity index (χ2n) is 5.26. The highest BCUT2D eigenvalue weighted by atomic mass is 16.2. The highest BCUT2D eigenvalue weighted by Crippen LogP contribution is 2.14. The maximum absolute atomic E-state index is 12.1. The number of rotatable bonds is 3. The van der Waals surface area contributed by atoms with Gasteiger partial charge in [0.05, 0.1) is 0 Å². The lowest BCUT2D eigenvalue weighted by molar-refractivity contribution is 0.0920. The SMILES string of the molecule is Cc1cc(=O)c(C(=O)NC(C)C2CCCNC2)c[nH]1. The van der Waals surface area contributed by atoms with Gasteiger partial charge >= 0.3 is 0 Å². The molecule has 1 aliphatic heterocycles. The van der Waals surface area contributed by atoms with Gasteiger partial charge < -0.3 is 15.6 Å². The second kappa shape index (κ2) is 6.02. The predicted octanol–water partition coefficient (Wildman–Crippen LogP) is 0.801. The fourth-order valence-electron chi connectivity index (χ4n) is 2.46. The van der Waals surface area contributed by atoms with Crippen molar-refractivity contribution in [2.45, 2.75) is 32.7 Å². The van der Waals surface area contributed by atoms with Crippen LogP contribution in [-0.2, 0) is 0 Å². The molecule has 0 aliphatic carbocycles. The van der Waals surface area contributed by atoms with Crippen molar-refractivity contribution in [3.63, 3.8) is 0 Å². The fraction of sp³-hybridized carbons (Fsp3) is 0.571. The Morgan fingerprint density at radius 2 is 2.32 bits per heavy atom. The molecule has 5 nitrogen and oxygen atoms in total. The van der Waals surface area contributed by atoms with E-state index < -0.39 is 0 Å². The summed E-state index contributed by atoms with van der Waals surface area (Å²) in [6.45, 7) is 5.76.